The molecule has 0 spiro atoms. The van der Waals surface area contributed by atoms with E-state index in [0.29, 0.717) is 24.5 Å². The normalized spacial score (nSPS) is 30.1. The third-order valence-corrected chi connectivity index (χ3v) is 5.59. The Morgan fingerprint density at radius 3 is 2.74 bits per heavy atom. The molecular weight excluding hydrogens is 314 g/mol. The van der Waals surface area contributed by atoms with E-state index in [0.717, 1.165) is 23.7 Å². The van der Waals surface area contributed by atoms with Crippen LogP contribution in [-0.4, -0.2) is 43.1 Å². The van der Waals surface area contributed by atoms with Crippen LogP contribution in [0, 0.1) is 0 Å². The molecule has 2 aliphatic heterocycles. The van der Waals surface area contributed by atoms with Crippen molar-refractivity contribution in [3.63, 3.8) is 0 Å². The van der Waals surface area contributed by atoms with Gasteiger partial charge in [-0.15, -0.1) is 0 Å². The van der Waals surface area contributed by atoms with Gasteiger partial charge >= 0.3 is 0 Å². The van der Waals surface area contributed by atoms with Gasteiger partial charge < -0.3 is 14.6 Å². The minimum Gasteiger partial charge on any atom is -0.388 e. The number of hydrogen-bond acceptors (Lipinski definition) is 3. The molecule has 2 saturated heterocycles. The van der Waals surface area contributed by atoms with Crippen LogP contribution in [0.15, 0.2) is 24.5 Å². The second kappa shape index (κ2) is 5.21. The van der Waals surface area contributed by atoms with E-state index in [1.807, 2.05) is 27.8 Å². The molecule has 23 heavy (non-hydrogen) atoms. The predicted octanol–water partition coefficient (Wildman–Crippen LogP) is 2.59. The Labute approximate surface area is 139 Å². The third kappa shape index (κ3) is 2.42. The van der Waals surface area contributed by atoms with Crippen LogP contribution in [-0.2, 0) is 11.3 Å². The summed E-state index contributed by atoms with van der Waals surface area (Å²) in [5, 5.41) is 12.6. The van der Waals surface area contributed by atoms with Gasteiger partial charge in [0.1, 0.15) is 0 Å². The Morgan fingerprint density at radius 2 is 2.09 bits per heavy atom. The molecule has 4 heterocycles. The molecule has 2 aromatic rings. The first-order valence-corrected chi connectivity index (χ1v) is 8.45. The van der Waals surface area contributed by atoms with Crippen LogP contribution < -0.4 is 0 Å². The number of amides is 1. The van der Waals surface area contributed by atoms with Crippen LogP contribution in [0.5, 0.6) is 0 Å². The molecule has 1 N–H and O–H groups in total. The Morgan fingerprint density at radius 1 is 1.39 bits per heavy atom. The van der Waals surface area contributed by atoms with E-state index in [4.69, 9.17) is 11.6 Å². The van der Waals surface area contributed by atoms with Gasteiger partial charge in [0, 0.05) is 36.8 Å². The summed E-state index contributed by atoms with van der Waals surface area (Å²) < 4.78 is 1.99. The van der Waals surface area contributed by atoms with Gasteiger partial charge in [-0.25, -0.2) is 4.98 Å². The summed E-state index contributed by atoms with van der Waals surface area (Å²) in [6, 6.07) is 4.23. The zero-order chi connectivity index (χ0) is 16.2. The summed E-state index contributed by atoms with van der Waals surface area (Å²) in [5.74, 6) is 0.123. The Kier molecular flexibility index (Phi) is 3.39. The summed E-state index contributed by atoms with van der Waals surface area (Å²) in [5.41, 5.74) is 0.0621. The van der Waals surface area contributed by atoms with Gasteiger partial charge in [0.05, 0.1) is 17.7 Å². The van der Waals surface area contributed by atoms with Crippen molar-refractivity contribution >= 4 is 28.4 Å². The number of halogens is 1. The summed E-state index contributed by atoms with van der Waals surface area (Å²) >= 11 is 6.23. The first-order valence-electron chi connectivity index (χ1n) is 8.07. The van der Waals surface area contributed by atoms with Crippen molar-refractivity contribution in [2.75, 3.05) is 0 Å². The molecule has 4 rings (SSSR count). The van der Waals surface area contributed by atoms with E-state index in [9.17, 15) is 9.90 Å². The molecule has 0 radical (unpaired) electrons. The number of nitrogens with zero attached hydrogens (tertiary/aromatic N) is 3. The molecule has 0 saturated carbocycles. The van der Waals surface area contributed by atoms with E-state index in [2.05, 4.69) is 4.98 Å². The molecule has 2 aromatic heterocycles. The topological polar surface area (TPSA) is 58.4 Å². The molecule has 6 heteroatoms. The van der Waals surface area contributed by atoms with Crippen LogP contribution in [0.25, 0.3) is 10.9 Å². The number of carbonyl (C=O) groups is 1. The smallest absolute Gasteiger partial charge is 0.219 e. The van der Waals surface area contributed by atoms with Gasteiger partial charge in [0.25, 0.3) is 0 Å². The fourth-order valence-electron chi connectivity index (χ4n) is 4.52. The van der Waals surface area contributed by atoms with Gasteiger partial charge in [0.2, 0.25) is 5.91 Å². The highest BCUT2D eigenvalue weighted by molar-refractivity contribution is 6.33. The molecule has 0 aromatic carbocycles. The van der Waals surface area contributed by atoms with Crippen LogP contribution in [0.3, 0.4) is 0 Å². The molecule has 0 unspecified atom stereocenters. The number of piperidine rings is 1. The van der Waals surface area contributed by atoms with Crippen molar-refractivity contribution in [3.05, 3.63) is 29.7 Å². The highest BCUT2D eigenvalue weighted by atomic mass is 35.5. The van der Waals surface area contributed by atoms with Crippen LogP contribution in [0.2, 0.25) is 5.15 Å². The predicted molar refractivity (Wildman–Crippen MR) is 88.3 cm³/mol. The maximum atomic E-state index is 11.8. The van der Waals surface area contributed by atoms with E-state index in [-0.39, 0.29) is 18.0 Å². The van der Waals surface area contributed by atoms with Crippen molar-refractivity contribution in [2.24, 2.45) is 0 Å². The second-order valence-corrected chi connectivity index (χ2v) is 7.29. The molecule has 5 nitrogen and oxygen atoms in total. The van der Waals surface area contributed by atoms with E-state index in [1.54, 1.807) is 13.1 Å². The lowest BCUT2D eigenvalue weighted by Crippen LogP contribution is -2.54. The van der Waals surface area contributed by atoms with E-state index in [1.165, 1.54) is 0 Å². The maximum absolute atomic E-state index is 11.8. The van der Waals surface area contributed by atoms with E-state index < -0.39 is 5.60 Å². The third-order valence-electron chi connectivity index (χ3n) is 5.31. The average Bonchev–Trinajstić information content (AvgIpc) is 3.00. The number of carbonyl (C=O) groups excluding carboxylic acids is 1. The van der Waals surface area contributed by atoms with Crippen molar-refractivity contribution in [3.8, 4) is 0 Å². The number of pyridine rings is 1. The first-order chi connectivity index (χ1) is 11.0. The lowest BCUT2D eigenvalue weighted by molar-refractivity contribution is -0.139. The second-order valence-electron chi connectivity index (χ2n) is 6.93. The largest absolute Gasteiger partial charge is 0.388 e. The molecule has 122 valence electrons. The zero-order valence-corrected chi connectivity index (χ0v) is 13.8. The molecule has 2 atom stereocenters. The SMILES string of the molecule is CC(=O)N1[C@@H]2CC[C@@H]1CC(O)(Cn1ccc3ccnc(Cl)c31)C2. The van der Waals surface area contributed by atoms with Crippen LogP contribution >= 0.6 is 11.6 Å². The van der Waals surface area contributed by atoms with Crippen LogP contribution in [0.4, 0.5) is 0 Å². The standard InChI is InChI=1S/C17H20ClN3O2/c1-11(22)21-13-2-3-14(21)9-17(23,8-13)10-20-7-5-12-4-6-19-16(18)15(12)20/h4-7,13-14,23H,2-3,8-10H2,1H3/t13-,14-/m1/s1. The van der Waals surface area contributed by atoms with Crippen molar-refractivity contribution in [1.82, 2.24) is 14.5 Å². The Hall–Kier alpha value is -1.59. The Balaban J connectivity index is 1.63. The van der Waals surface area contributed by atoms with Crippen LogP contribution in [0.1, 0.15) is 32.6 Å². The van der Waals surface area contributed by atoms with Gasteiger partial charge in [0.15, 0.2) is 5.15 Å². The summed E-state index contributed by atoms with van der Waals surface area (Å²) in [6.07, 6.45) is 6.87. The molecule has 2 bridgehead atoms. The minimum atomic E-state index is -0.803. The summed E-state index contributed by atoms with van der Waals surface area (Å²) in [7, 11) is 0. The van der Waals surface area contributed by atoms with Crippen molar-refractivity contribution < 1.29 is 9.90 Å². The molecule has 1 amide bonds. The quantitative estimate of drug-likeness (QED) is 0.859. The monoisotopic (exact) mass is 333 g/mol. The summed E-state index contributed by atoms with van der Waals surface area (Å²) in [6.45, 7) is 2.11. The minimum absolute atomic E-state index is 0.123. The van der Waals surface area contributed by atoms with E-state index >= 15 is 0 Å². The molecule has 0 aliphatic carbocycles. The maximum Gasteiger partial charge on any atom is 0.219 e. The number of aliphatic hydroxyl groups is 1. The average molecular weight is 334 g/mol. The summed E-state index contributed by atoms with van der Waals surface area (Å²) in [4.78, 5) is 17.9. The number of aromatic nitrogens is 2. The highest BCUT2D eigenvalue weighted by Crippen LogP contribution is 2.42. The number of hydrogen-bond donors (Lipinski definition) is 1. The Bertz CT molecular complexity index is 758. The molecule has 2 aliphatic rings. The zero-order valence-electron chi connectivity index (χ0n) is 13.1. The van der Waals surface area contributed by atoms with Gasteiger partial charge in [-0.2, -0.15) is 0 Å². The van der Waals surface area contributed by atoms with Crippen molar-refractivity contribution in [1.29, 1.82) is 0 Å². The van der Waals surface area contributed by atoms with Gasteiger partial charge in [-0.05, 0) is 37.8 Å². The first kappa shape index (κ1) is 15.0. The lowest BCUT2D eigenvalue weighted by atomic mass is 9.86. The lowest BCUT2D eigenvalue weighted by Gasteiger charge is -2.43. The van der Waals surface area contributed by atoms with Gasteiger partial charge in [-0.1, -0.05) is 11.6 Å². The molecule has 2 fully saturated rings. The fraction of sp³-hybridized carbons (Fsp3) is 0.529. The number of rotatable bonds is 2. The van der Waals surface area contributed by atoms with Crippen molar-refractivity contribution in [2.45, 2.75) is 56.8 Å². The molecular formula is C17H20ClN3O2. The highest BCUT2D eigenvalue weighted by Gasteiger charge is 2.48. The number of fused-ring (bicyclic) bond motifs is 3. The fourth-order valence-corrected chi connectivity index (χ4v) is 4.79. The van der Waals surface area contributed by atoms with Gasteiger partial charge in [-0.3, -0.25) is 4.79 Å².